The van der Waals surface area contributed by atoms with Gasteiger partial charge in [-0.15, -0.1) is 0 Å². The summed E-state index contributed by atoms with van der Waals surface area (Å²) in [5, 5.41) is 2.15. The van der Waals surface area contributed by atoms with Crippen molar-refractivity contribution in [2.75, 3.05) is 4.90 Å². The molecular weight excluding hydrogens is 609 g/mol. The van der Waals surface area contributed by atoms with Gasteiger partial charge in [-0.1, -0.05) is 140 Å². The largest absolute Gasteiger partial charge is 0.436 e. The van der Waals surface area contributed by atoms with Gasteiger partial charge in [0.2, 0.25) is 5.89 Å². The lowest BCUT2D eigenvalue weighted by Gasteiger charge is -2.27. The lowest BCUT2D eigenvalue weighted by molar-refractivity contribution is 0.620. The van der Waals surface area contributed by atoms with Crippen molar-refractivity contribution in [3.05, 3.63) is 194 Å². The summed E-state index contributed by atoms with van der Waals surface area (Å²) in [6.45, 7) is 0. The molecule has 0 atom stereocenters. The summed E-state index contributed by atoms with van der Waals surface area (Å²) in [5.74, 6) is 0.621. The van der Waals surface area contributed by atoms with Crippen LogP contribution in [0, 0.1) is 0 Å². The van der Waals surface area contributed by atoms with E-state index in [9.17, 15) is 0 Å². The molecule has 1 heterocycles. The van der Waals surface area contributed by atoms with Crippen LogP contribution in [0.3, 0.4) is 0 Å². The van der Waals surface area contributed by atoms with Crippen molar-refractivity contribution in [1.82, 2.24) is 4.98 Å². The molecule has 0 aliphatic heterocycles. The fraction of sp³-hybridized carbons (Fsp3) is 0. The van der Waals surface area contributed by atoms with Gasteiger partial charge in [0.25, 0.3) is 0 Å². The first-order valence-corrected chi connectivity index (χ1v) is 16.9. The van der Waals surface area contributed by atoms with Gasteiger partial charge >= 0.3 is 0 Å². The van der Waals surface area contributed by atoms with Crippen LogP contribution < -0.4 is 4.90 Å². The number of aromatic nitrogens is 1. The molecule has 0 saturated carbocycles. The Morgan fingerprint density at radius 2 is 0.880 bits per heavy atom. The first-order valence-electron chi connectivity index (χ1n) is 16.9. The Hall–Kier alpha value is -6.71. The fourth-order valence-electron chi connectivity index (χ4n) is 6.82. The number of nitrogens with zero attached hydrogens (tertiary/aromatic N) is 2. The van der Waals surface area contributed by atoms with Crippen LogP contribution in [0.5, 0.6) is 0 Å². The van der Waals surface area contributed by atoms with Crippen LogP contribution in [0.2, 0.25) is 0 Å². The average Bonchev–Trinajstić information content (AvgIpc) is 3.65. The Labute approximate surface area is 291 Å². The van der Waals surface area contributed by atoms with E-state index in [0.29, 0.717) is 5.89 Å². The van der Waals surface area contributed by atoms with Crippen LogP contribution in [0.4, 0.5) is 17.1 Å². The molecule has 0 saturated heterocycles. The molecule has 0 radical (unpaired) electrons. The molecule has 3 heteroatoms. The van der Waals surface area contributed by atoms with Crippen LogP contribution in [-0.4, -0.2) is 4.98 Å². The Bertz CT molecular complexity index is 2560. The lowest BCUT2D eigenvalue weighted by atomic mass is 9.93. The van der Waals surface area contributed by atoms with Gasteiger partial charge in [0, 0.05) is 28.0 Å². The van der Waals surface area contributed by atoms with Crippen molar-refractivity contribution < 1.29 is 4.42 Å². The van der Waals surface area contributed by atoms with Crippen molar-refractivity contribution >= 4 is 38.9 Å². The van der Waals surface area contributed by atoms with Crippen LogP contribution in [-0.2, 0) is 0 Å². The molecule has 0 spiro atoms. The van der Waals surface area contributed by atoms with Crippen LogP contribution in [0.15, 0.2) is 199 Å². The predicted octanol–water partition coefficient (Wildman–Crippen LogP) is 13.1. The molecule has 0 N–H and O–H groups in total. The molecule has 3 nitrogen and oxygen atoms in total. The fourth-order valence-corrected chi connectivity index (χ4v) is 6.82. The summed E-state index contributed by atoms with van der Waals surface area (Å²) in [4.78, 5) is 7.36. The SMILES string of the molecule is c1ccc(-c2ccc(N(c3ccc(-c4ccccc4)c(-c4ccccc4)c3)c3ccc4ccc5oc(-c6ccccc6)nc5c4c3)cc2)cc1. The highest BCUT2D eigenvalue weighted by molar-refractivity contribution is 6.06. The normalized spacial score (nSPS) is 11.2. The van der Waals surface area contributed by atoms with E-state index in [4.69, 9.17) is 9.40 Å². The zero-order chi connectivity index (χ0) is 33.3. The third-order valence-electron chi connectivity index (χ3n) is 9.30. The Morgan fingerprint density at radius 1 is 0.380 bits per heavy atom. The number of oxazole rings is 1. The van der Waals surface area contributed by atoms with Gasteiger partial charge in [0.05, 0.1) is 0 Å². The first kappa shape index (κ1) is 29.4. The lowest BCUT2D eigenvalue weighted by Crippen LogP contribution is -2.10. The van der Waals surface area contributed by atoms with Gasteiger partial charge in [-0.05, 0) is 93.4 Å². The molecule has 0 bridgehead atoms. The minimum absolute atomic E-state index is 0.621. The third kappa shape index (κ3) is 5.51. The highest BCUT2D eigenvalue weighted by atomic mass is 16.3. The third-order valence-corrected chi connectivity index (χ3v) is 9.30. The van der Waals surface area contributed by atoms with E-state index in [0.717, 1.165) is 44.5 Å². The predicted molar refractivity (Wildman–Crippen MR) is 208 cm³/mol. The number of fused-ring (bicyclic) bond motifs is 3. The minimum Gasteiger partial charge on any atom is -0.436 e. The summed E-state index contributed by atoms with van der Waals surface area (Å²) >= 11 is 0. The van der Waals surface area contributed by atoms with E-state index in [1.165, 1.54) is 33.4 Å². The highest BCUT2D eigenvalue weighted by Crippen LogP contribution is 2.42. The monoisotopic (exact) mass is 640 g/mol. The van der Waals surface area contributed by atoms with Crippen LogP contribution in [0.1, 0.15) is 0 Å². The number of hydrogen-bond acceptors (Lipinski definition) is 3. The topological polar surface area (TPSA) is 29.3 Å². The molecular formula is C47H32N2O. The zero-order valence-electron chi connectivity index (χ0n) is 27.3. The molecule has 236 valence electrons. The van der Waals surface area contributed by atoms with E-state index in [1.807, 2.05) is 36.4 Å². The summed E-state index contributed by atoms with van der Waals surface area (Å²) in [6.07, 6.45) is 0. The van der Waals surface area contributed by atoms with E-state index in [-0.39, 0.29) is 0 Å². The Morgan fingerprint density at radius 3 is 1.54 bits per heavy atom. The second-order valence-corrected chi connectivity index (χ2v) is 12.4. The Balaban J connectivity index is 1.24. The van der Waals surface area contributed by atoms with Gasteiger partial charge in [-0.3, -0.25) is 0 Å². The van der Waals surface area contributed by atoms with Crippen LogP contribution in [0.25, 0.3) is 66.7 Å². The van der Waals surface area contributed by atoms with Gasteiger partial charge in [0.1, 0.15) is 5.52 Å². The van der Waals surface area contributed by atoms with Crippen molar-refractivity contribution in [2.24, 2.45) is 0 Å². The average molecular weight is 641 g/mol. The van der Waals surface area contributed by atoms with Gasteiger partial charge < -0.3 is 9.32 Å². The van der Waals surface area contributed by atoms with Crippen molar-refractivity contribution in [2.45, 2.75) is 0 Å². The van der Waals surface area contributed by atoms with Crippen LogP contribution >= 0.6 is 0 Å². The quantitative estimate of drug-likeness (QED) is 0.174. The molecule has 0 fully saturated rings. The zero-order valence-corrected chi connectivity index (χ0v) is 27.3. The molecule has 8 aromatic carbocycles. The highest BCUT2D eigenvalue weighted by Gasteiger charge is 2.19. The second-order valence-electron chi connectivity index (χ2n) is 12.4. The number of rotatable bonds is 7. The van der Waals surface area contributed by atoms with Crippen molar-refractivity contribution in [3.63, 3.8) is 0 Å². The maximum Gasteiger partial charge on any atom is 0.227 e. The summed E-state index contributed by atoms with van der Waals surface area (Å²) < 4.78 is 6.28. The maximum atomic E-state index is 6.28. The number of benzene rings is 8. The van der Waals surface area contributed by atoms with E-state index in [1.54, 1.807) is 0 Å². The molecule has 0 unspecified atom stereocenters. The van der Waals surface area contributed by atoms with Crippen molar-refractivity contribution in [3.8, 4) is 44.8 Å². The second kappa shape index (κ2) is 12.7. The number of anilines is 3. The van der Waals surface area contributed by atoms with Gasteiger partial charge in [-0.2, -0.15) is 0 Å². The molecule has 0 aliphatic rings. The standard InChI is InChI=1S/C47H32N2O/c1-5-13-33(14-6-1)34-21-25-39(26-22-34)49(41-28-29-42(35-15-7-2-8-16-35)43(31-41)36-17-9-3-10-18-36)40-27-23-37-24-30-45-46(44(37)32-40)48-47(50-45)38-19-11-4-12-20-38/h1-32H. The molecule has 9 rings (SSSR count). The number of hydrogen-bond donors (Lipinski definition) is 0. The van der Waals surface area contributed by atoms with E-state index >= 15 is 0 Å². The van der Waals surface area contributed by atoms with Gasteiger partial charge in [0.15, 0.2) is 5.58 Å². The maximum absolute atomic E-state index is 6.28. The minimum atomic E-state index is 0.621. The van der Waals surface area contributed by atoms with Gasteiger partial charge in [-0.25, -0.2) is 4.98 Å². The molecule has 1 aromatic heterocycles. The van der Waals surface area contributed by atoms with Crippen molar-refractivity contribution in [1.29, 1.82) is 0 Å². The van der Waals surface area contributed by atoms with E-state index in [2.05, 4.69) is 163 Å². The Kier molecular flexibility index (Phi) is 7.49. The summed E-state index contributed by atoms with van der Waals surface area (Å²) in [5.41, 5.74) is 12.8. The summed E-state index contributed by atoms with van der Waals surface area (Å²) in [7, 11) is 0. The molecule has 50 heavy (non-hydrogen) atoms. The van der Waals surface area contributed by atoms with E-state index < -0.39 is 0 Å². The molecule has 0 aliphatic carbocycles. The molecule has 9 aromatic rings. The smallest absolute Gasteiger partial charge is 0.227 e. The summed E-state index contributed by atoms with van der Waals surface area (Å²) in [6, 6.07) is 68.3. The first-order chi connectivity index (χ1) is 24.8. The molecule has 0 amide bonds.